The summed E-state index contributed by atoms with van der Waals surface area (Å²) < 4.78 is 4.58. The minimum Gasteiger partial charge on any atom is -0.507 e. The molecule has 1 N–H and O–H groups in total. The topological polar surface area (TPSA) is 63.6 Å². The van der Waals surface area contributed by atoms with Crippen LogP contribution in [0.25, 0.3) is 16.5 Å². The van der Waals surface area contributed by atoms with Gasteiger partial charge in [0.1, 0.15) is 5.76 Å². The number of benzene rings is 2. The summed E-state index contributed by atoms with van der Waals surface area (Å²) in [5.41, 5.74) is 0.424. The van der Waals surface area contributed by atoms with Crippen LogP contribution in [0.4, 0.5) is 0 Å². The van der Waals surface area contributed by atoms with E-state index >= 15 is 0 Å². The molecule has 0 unspecified atom stereocenters. The molecule has 108 valence electrons. The van der Waals surface area contributed by atoms with Crippen molar-refractivity contribution in [2.45, 2.75) is 6.92 Å². The molecule has 0 atom stereocenters. The predicted molar refractivity (Wildman–Crippen MR) is 81.2 cm³/mol. The highest BCUT2D eigenvalue weighted by Crippen LogP contribution is 2.26. The van der Waals surface area contributed by atoms with Crippen molar-refractivity contribution >= 4 is 39.9 Å². The molecule has 0 aliphatic carbocycles. The number of carbonyl (C=O) groups is 2. The van der Waals surface area contributed by atoms with E-state index in [0.29, 0.717) is 16.0 Å². The highest BCUT2D eigenvalue weighted by atomic mass is 35.5. The summed E-state index contributed by atoms with van der Waals surface area (Å²) in [5, 5.41) is 12.2. The molecule has 0 aliphatic heterocycles. The van der Waals surface area contributed by atoms with Gasteiger partial charge in [0.25, 0.3) is 5.78 Å². The van der Waals surface area contributed by atoms with Crippen molar-refractivity contribution in [1.82, 2.24) is 0 Å². The largest absolute Gasteiger partial charge is 0.507 e. The van der Waals surface area contributed by atoms with Crippen molar-refractivity contribution in [3.63, 3.8) is 0 Å². The van der Waals surface area contributed by atoms with Gasteiger partial charge in [0.2, 0.25) is 0 Å². The number of ether oxygens (including phenoxy) is 1. The van der Waals surface area contributed by atoms with Crippen LogP contribution in [0.1, 0.15) is 12.5 Å². The predicted octanol–water partition coefficient (Wildman–Crippen LogP) is 3.52. The van der Waals surface area contributed by atoms with Crippen LogP contribution in [-0.2, 0) is 14.3 Å². The number of fused-ring (bicyclic) bond motifs is 1. The molecule has 4 nitrogen and oxygen atoms in total. The van der Waals surface area contributed by atoms with Crippen LogP contribution in [0.5, 0.6) is 0 Å². The quantitative estimate of drug-likeness (QED) is 0.406. The van der Waals surface area contributed by atoms with E-state index in [1.807, 2.05) is 12.1 Å². The molecule has 0 fully saturated rings. The summed E-state index contributed by atoms with van der Waals surface area (Å²) in [6.45, 7) is 1.70. The van der Waals surface area contributed by atoms with E-state index in [1.165, 1.54) is 0 Å². The maximum atomic E-state index is 11.6. The lowest BCUT2D eigenvalue weighted by molar-refractivity contribution is -0.151. The Hall–Kier alpha value is -2.33. The molecule has 0 saturated heterocycles. The lowest BCUT2D eigenvalue weighted by Crippen LogP contribution is -2.15. The first-order valence-electron chi connectivity index (χ1n) is 6.33. The number of hydrogen-bond donors (Lipinski definition) is 1. The summed E-state index contributed by atoms with van der Waals surface area (Å²) in [6.07, 6.45) is 0.855. The average Bonchev–Trinajstić information content (AvgIpc) is 2.46. The van der Waals surface area contributed by atoms with E-state index in [4.69, 9.17) is 11.6 Å². The first-order chi connectivity index (χ1) is 10.0. The molecule has 0 amide bonds. The standard InChI is InChI=1S/C16H13ClO4/c1-2-21-16(20)15(19)9-14(18)12-5-3-4-10-6-7-11(17)8-13(10)12/h3-9,18H,2H2,1H3. The number of esters is 1. The van der Waals surface area contributed by atoms with Crippen molar-refractivity contribution in [3.05, 3.63) is 53.1 Å². The van der Waals surface area contributed by atoms with E-state index in [-0.39, 0.29) is 12.4 Å². The highest BCUT2D eigenvalue weighted by molar-refractivity contribution is 6.39. The molecular weight excluding hydrogens is 292 g/mol. The second-order valence-corrected chi connectivity index (χ2v) is 4.72. The Kier molecular flexibility index (Phi) is 4.60. The normalized spacial score (nSPS) is 11.4. The van der Waals surface area contributed by atoms with Gasteiger partial charge in [-0.3, -0.25) is 4.79 Å². The second kappa shape index (κ2) is 6.41. The van der Waals surface area contributed by atoms with Crippen LogP contribution in [-0.4, -0.2) is 23.5 Å². The first-order valence-corrected chi connectivity index (χ1v) is 6.71. The molecule has 2 rings (SSSR count). The zero-order valence-corrected chi connectivity index (χ0v) is 12.1. The van der Waals surface area contributed by atoms with E-state index in [0.717, 1.165) is 11.5 Å². The Balaban J connectivity index is 2.44. The van der Waals surface area contributed by atoms with Crippen LogP contribution in [0, 0.1) is 0 Å². The number of rotatable bonds is 4. The SMILES string of the molecule is CCOC(=O)C(=O)C=C(O)c1cccc2ccc(Cl)cc12. The molecule has 0 heterocycles. The van der Waals surface area contributed by atoms with Gasteiger partial charge in [0.15, 0.2) is 0 Å². The lowest BCUT2D eigenvalue weighted by Gasteiger charge is -2.06. The molecule has 0 spiro atoms. The van der Waals surface area contributed by atoms with Gasteiger partial charge >= 0.3 is 5.97 Å². The molecule has 2 aromatic carbocycles. The number of aliphatic hydroxyl groups is 1. The van der Waals surface area contributed by atoms with Gasteiger partial charge in [-0.2, -0.15) is 0 Å². The molecule has 5 heteroatoms. The molecule has 0 bridgehead atoms. The fourth-order valence-electron chi connectivity index (χ4n) is 1.93. The van der Waals surface area contributed by atoms with Crippen molar-refractivity contribution in [3.8, 4) is 0 Å². The maximum Gasteiger partial charge on any atom is 0.379 e. The Labute approximate surface area is 126 Å². The third kappa shape index (κ3) is 3.41. The smallest absolute Gasteiger partial charge is 0.379 e. The monoisotopic (exact) mass is 304 g/mol. The summed E-state index contributed by atoms with van der Waals surface area (Å²) in [5.74, 6) is -2.21. The van der Waals surface area contributed by atoms with Crippen molar-refractivity contribution in [2.24, 2.45) is 0 Å². The van der Waals surface area contributed by atoms with Gasteiger partial charge in [0, 0.05) is 16.7 Å². The summed E-state index contributed by atoms with van der Waals surface area (Å²) in [7, 11) is 0. The van der Waals surface area contributed by atoms with Crippen molar-refractivity contribution in [2.75, 3.05) is 6.61 Å². The Bertz CT molecular complexity index is 734. The van der Waals surface area contributed by atoms with E-state index in [2.05, 4.69) is 4.74 Å². The van der Waals surface area contributed by atoms with Crippen LogP contribution < -0.4 is 0 Å². The summed E-state index contributed by atoms with van der Waals surface area (Å²) in [4.78, 5) is 22.9. The van der Waals surface area contributed by atoms with Gasteiger partial charge in [-0.05, 0) is 29.8 Å². The minimum atomic E-state index is -0.998. The Morgan fingerprint density at radius 1 is 1.29 bits per heavy atom. The molecular formula is C16H13ClO4. The van der Waals surface area contributed by atoms with Crippen LogP contribution >= 0.6 is 11.6 Å². The number of aliphatic hydroxyl groups excluding tert-OH is 1. The first kappa shape index (κ1) is 15.1. The van der Waals surface area contributed by atoms with E-state index in [1.54, 1.807) is 31.2 Å². The number of hydrogen-bond acceptors (Lipinski definition) is 4. The fraction of sp³-hybridized carbons (Fsp3) is 0.125. The van der Waals surface area contributed by atoms with E-state index in [9.17, 15) is 14.7 Å². The van der Waals surface area contributed by atoms with Crippen LogP contribution in [0.15, 0.2) is 42.5 Å². The summed E-state index contributed by atoms with van der Waals surface area (Å²) in [6, 6.07) is 10.5. The molecule has 0 saturated carbocycles. The Morgan fingerprint density at radius 2 is 2.05 bits per heavy atom. The average molecular weight is 305 g/mol. The molecule has 0 aliphatic rings. The van der Waals surface area contributed by atoms with Gasteiger partial charge in [0.05, 0.1) is 6.61 Å². The van der Waals surface area contributed by atoms with Gasteiger partial charge in [-0.1, -0.05) is 35.9 Å². The van der Waals surface area contributed by atoms with Crippen LogP contribution in [0.3, 0.4) is 0 Å². The number of ketones is 1. The molecule has 21 heavy (non-hydrogen) atoms. The summed E-state index contributed by atoms with van der Waals surface area (Å²) >= 11 is 5.95. The number of carbonyl (C=O) groups excluding carboxylic acids is 2. The number of halogens is 1. The minimum absolute atomic E-state index is 0.100. The zero-order valence-electron chi connectivity index (χ0n) is 11.3. The zero-order chi connectivity index (χ0) is 15.4. The van der Waals surface area contributed by atoms with E-state index < -0.39 is 11.8 Å². The molecule has 0 radical (unpaired) electrons. The lowest BCUT2D eigenvalue weighted by atomic mass is 10.0. The molecule has 0 aromatic heterocycles. The highest BCUT2D eigenvalue weighted by Gasteiger charge is 2.15. The third-order valence-corrected chi connectivity index (χ3v) is 3.10. The second-order valence-electron chi connectivity index (χ2n) is 4.29. The third-order valence-electron chi connectivity index (χ3n) is 2.86. The van der Waals surface area contributed by atoms with Gasteiger partial charge in [-0.15, -0.1) is 0 Å². The van der Waals surface area contributed by atoms with Crippen molar-refractivity contribution in [1.29, 1.82) is 0 Å². The Morgan fingerprint density at radius 3 is 2.76 bits per heavy atom. The van der Waals surface area contributed by atoms with Gasteiger partial charge in [-0.25, -0.2) is 4.79 Å². The van der Waals surface area contributed by atoms with Crippen molar-refractivity contribution < 1.29 is 19.4 Å². The van der Waals surface area contributed by atoms with Gasteiger partial charge < -0.3 is 9.84 Å². The van der Waals surface area contributed by atoms with Crippen LogP contribution in [0.2, 0.25) is 5.02 Å². The maximum absolute atomic E-state index is 11.6. The fourth-order valence-corrected chi connectivity index (χ4v) is 2.10. The molecule has 2 aromatic rings.